The van der Waals surface area contributed by atoms with Gasteiger partial charge < -0.3 is 30.1 Å². The number of rotatable bonds is 13. The summed E-state index contributed by atoms with van der Waals surface area (Å²) in [6, 6.07) is 16.3. The second-order valence-electron chi connectivity index (χ2n) is 7.77. The standard InChI is InChI=1S/C19H24ClNO.C6H8O7/c1-3-21(4-2)12-13-22-19-11-10-18(20)15-17(19)14-16-8-6-5-7-9-16;7-3(8)1-6(13,5(11)12)2-4(9)10/h5-11,15H,3-4,12-14H2,1-2H3;13H,1-2H2,(H,7,8)(H,9,10)(H,11,12). The summed E-state index contributed by atoms with van der Waals surface area (Å²) in [5.74, 6) is -4.09. The van der Waals surface area contributed by atoms with Crippen LogP contribution in [0.1, 0.15) is 37.8 Å². The highest BCUT2D eigenvalue weighted by Crippen LogP contribution is 2.25. The molecule has 0 spiro atoms. The van der Waals surface area contributed by atoms with Gasteiger partial charge >= 0.3 is 17.9 Å². The molecule has 0 saturated heterocycles. The molecule has 0 unspecified atom stereocenters. The van der Waals surface area contributed by atoms with Gasteiger partial charge in [-0.25, -0.2) is 4.79 Å². The minimum atomic E-state index is -2.74. The first-order chi connectivity index (χ1) is 16.5. The number of carboxylic acids is 3. The molecule has 0 radical (unpaired) electrons. The Balaban J connectivity index is 0.000000405. The largest absolute Gasteiger partial charge is 0.492 e. The number of carboxylic acid groups (broad SMARTS) is 3. The highest BCUT2D eigenvalue weighted by molar-refractivity contribution is 6.30. The molecule has 0 bridgehead atoms. The molecule has 0 heterocycles. The molecule has 2 aromatic carbocycles. The minimum absolute atomic E-state index is 0.700. The zero-order valence-electron chi connectivity index (χ0n) is 19.8. The van der Waals surface area contributed by atoms with Gasteiger partial charge in [-0.3, -0.25) is 9.59 Å². The van der Waals surface area contributed by atoms with Gasteiger partial charge in [-0.1, -0.05) is 55.8 Å². The summed E-state index contributed by atoms with van der Waals surface area (Å²) in [6.07, 6.45) is -1.45. The van der Waals surface area contributed by atoms with Crippen molar-refractivity contribution in [3.05, 3.63) is 64.7 Å². The maximum atomic E-state index is 10.3. The molecule has 0 aromatic heterocycles. The SMILES string of the molecule is CCN(CC)CCOc1ccc(Cl)cc1Cc1ccccc1.O=C(O)CC(O)(CC(=O)O)C(=O)O. The van der Waals surface area contributed by atoms with E-state index in [1.54, 1.807) is 0 Å². The van der Waals surface area contributed by atoms with E-state index in [4.69, 9.17) is 36.8 Å². The number of likely N-dealkylation sites (N-methyl/N-ethyl adjacent to an activating group) is 1. The fourth-order valence-electron chi connectivity index (χ4n) is 3.18. The third kappa shape index (κ3) is 11.2. The van der Waals surface area contributed by atoms with Crippen LogP contribution < -0.4 is 4.74 Å². The molecular formula is C25H32ClNO8. The van der Waals surface area contributed by atoms with Crippen LogP contribution in [-0.2, 0) is 20.8 Å². The smallest absolute Gasteiger partial charge is 0.336 e. The zero-order chi connectivity index (χ0) is 26.4. The Morgan fingerprint density at radius 3 is 2.00 bits per heavy atom. The van der Waals surface area contributed by atoms with Crippen molar-refractivity contribution >= 4 is 29.5 Å². The van der Waals surface area contributed by atoms with Crippen LogP contribution in [0, 0.1) is 0 Å². The second-order valence-corrected chi connectivity index (χ2v) is 8.20. The number of carbonyl (C=O) groups is 3. The molecule has 10 heteroatoms. The molecule has 9 nitrogen and oxygen atoms in total. The topological polar surface area (TPSA) is 145 Å². The molecule has 2 aromatic rings. The number of aliphatic hydroxyl groups is 1. The van der Waals surface area contributed by atoms with Gasteiger partial charge in [0.25, 0.3) is 0 Å². The number of ether oxygens (including phenoxy) is 1. The first kappa shape index (κ1) is 29.9. The lowest BCUT2D eigenvalue weighted by atomic mass is 9.96. The Morgan fingerprint density at radius 2 is 1.51 bits per heavy atom. The second kappa shape index (κ2) is 15.0. The van der Waals surface area contributed by atoms with E-state index >= 15 is 0 Å². The van der Waals surface area contributed by atoms with Crippen molar-refractivity contribution in [1.29, 1.82) is 0 Å². The van der Waals surface area contributed by atoms with E-state index in [1.807, 2.05) is 24.3 Å². The molecule has 35 heavy (non-hydrogen) atoms. The van der Waals surface area contributed by atoms with Crippen LogP contribution in [0.25, 0.3) is 0 Å². The number of hydrogen-bond donors (Lipinski definition) is 4. The summed E-state index contributed by atoms with van der Waals surface area (Å²) in [6.45, 7) is 8.10. The number of hydrogen-bond acceptors (Lipinski definition) is 6. The van der Waals surface area contributed by atoms with Crippen molar-refractivity contribution in [2.45, 2.75) is 38.7 Å². The van der Waals surface area contributed by atoms with E-state index in [1.165, 1.54) is 5.56 Å². The Bertz CT molecular complexity index is 947. The summed E-state index contributed by atoms with van der Waals surface area (Å²) in [5, 5.41) is 34.6. The third-order valence-electron chi connectivity index (χ3n) is 5.10. The van der Waals surface area contributed by atoms with Crippen molar-refractivity contribution in [3.63, 3.8) is 0 Å². The van der Waals surface area contributed by atoms with Gasteiger partial charge in [-0.05, 0) is 42.4 Å². The van der Waals surface area contributed by atoms with Gasteiger partial charge in [0.1, 0.15) is 12.4 Å². The van der Waals surface area contributed by atoms with E-state index in [0.717, 1.165) is 42.4 Å². The van der Waals surface area contributed by atoms with Gasteiger partial charge in [0.2, 0.25) is 0 Å². The average Bonchev–Trinajstić information content (AvgIpc) is 2.78. The fourth-order valence-corrected chi connectivity index (χ4v) is 3.38. The van der Waals surface area contributed by atoms with E-state index in [9.17, 15) is 14.4 Å². The summed E-state index contributed by atoms with van der Waals surface area (Å²) >= 11 is 6.15. The van der Waals surface area contributed by atoms with E-state index in [0.29, 0.717) is 6.61 Å². The van der Waals surface area contributed by atoms with Crippen molar-refractivity contribution in [2.24, 2.45) is 0 Å². The van der Waals surface area contributed by atoms with Crippen LogP contribution in [0.3, 0.4) is 0 Å². The van der Waals surface area contributed by atoms with Crippen molar-refractivity contribution in [3.8, 4) is 5.75 Å². The molecule has 0 saturated carbocycles. The maximum absolute atomic E-state index is 10.3. The first-order valence-electron chi connectivity index (χ1n) is 11.1. The van der Waals surface area contributed by atoms with Crippen LogP contribution in [-0.4, -0.2) is 75.1 Å². The third-order valence-corrected chi connectivity index (χ3v) is 5.34. The van der Waals surface area contributed by atoms with Gasteiger partial charge in [0.15, 0.2) is 5.60 Å². The Kier molecular flexibility index (Phi) is 12.8. The lowest BCUT2D eigenvalue weighted by molar-refractivity contribution is -0.170. The maximum Gasteiger partial charge on any atom is 0.336 e. The average molecular weight is 510 g/mol. The predicted molar refractivity (Wildman–Crippen MR) is 131 cm³/mol. The van der Waals surface area contributed by atoms with Crippen molar-refractivity contribution < 1.29 is 39.5 Å². The molecule has 0 fully saturated rings. The Hall–Kier alpha value is -3.14. The van der Waals surface area contributed by atoms with Crippen molar-refractivity contribution in [1.82, 2.24) is 4.90 Å². The number of aliphatic carboxylic acids is 3. The Labute approximate surface area is 209 Å². The van der Waals surface area contributed by atoms with Crippen LogP contribution in [0.4, 0.5) is 0 Å². The molecule has 0 aliphatic rings. The summed E-state index contributed by atoms with van der Waals surface area (Å²) in [7, 11) is 0. The van der Waals surface area contributed by atoms with Crippen molar-refractivity contribution in [2.75, 3.05) is 26.2 Å². The molecular weight excluding hydrogens is 478 g/mol. The van der Waals surface area contributed by atoms with E-state index in [-0.39, 0.29) is 0 Å². The summed E-state index contributed by atoms with van der Waals surface area (Å²) in [5.41, 5.74) is -0.339. The van der Waals surface area contributed by atoms with Gasteiger partial charge in [-0.15, -0.1) is 0 Å². The quantitative estimate of drug-likeness (QED) is 0.319. The van der Waals surface area contributed by atoms with Crippen LogP contribution in [0.5, 0.6) is 5.75 Å². The normalized spacial score (nSPS) is 10.9. The van der Waals surface area contributed by atoms with Crippen LogP contribution >= 0.6 is 11.6 Å². The van der Waals surface area contributed by atoms with Crippen LogP contribution in [0.2, 0.25) is 5.02 Å². The summed E-state index contributed by atoms with van der Waals surface area (Å²) < 4.78 is 6.00. The zero-order valence-corrected chi connectivity index (χ0v) is 20.6. The van der Waals surface area contributed by atoms with E-state index in [2.05, 4.69) is 43.0 Å². The number of nitrogens with zero attached hydrogens (tertiary/aromatic N) is 1. The molecule has 0 aliphatic carbocycles. The predicted octanol–water partition coefficient (Wildman–Crippen LogP) is 3.40. The lowest BCUT2D eigenvalue weighted by Crippen LogP contribution is -2.42. The van der Waals surface area contributed by atoms with E-state index < -0.39 is 36.4 Å². The molecule has 0 aliphatic heterocycles. The van der Waals surface area contributed by atoms with Crippen LogP contribution in [0.15, 0.2) is 48.5 Å². The van der Waals surface area contributed by atoms with Gasteiger partial charge in [0.05, 0.1) is 12.8 Å². The lowest BCUT2D eigenvalue weighted by Gasteiger charge is -2.19. The summed E-state index contributed by atoms with van der Waals surface area (Å²) in [4.78, 5) is 32.8. The minimum Gasteiger partial charge on any atom is -0.492 e. The highest BCUT2D eigenvalue weighted by atomic mass is 35.5. The fraction of sp³-hybridized carbons (Fsp3) is 0.400. The molecule has 0 atom stereocenters. The van der Waals surface area contributed by atoms with Gasteiger partial charge in [0, 0.05) is 18.0 Å². The molecule has 2 rings (SSSR count). The van der Waals surface area contributed by atoms with Gasteiger partial charge in [-0.2, -0.15) is 0 Å². The molecule has 0 amide bonds. The Morgan fingerprint density at radius 1 is 0.943 bits per heavy atom. The number of benzene rings is 2. The monoisotopic (exact) mass is 509 g/mol. The number of halogens is 1. The molecule has 4 N–H and O–H groups in total. The highest BCUT2D eigenvalue weighted by Gasteiger charge is 2.40. The molecule has 192 valence electrons. The first-order valence-corrected chi connectivity index (χ1v) is 11.4.